The molecule has 5 nitrogen and oxygen atoms in total. The molecule has 7 heteroatoms. The highest BCUT2D eigenvalue weighted by atomic mass is 19.1. The molecule has 0 saturated carbocycles. The van der Waals surface area contributed by atoms with E-state index in [2.05, 4.69) is 5.10 Å². The lowest BCUT2D eigenvalue weighted by atomic mass is 9.93. The van der Waals surface area contributed by atoms with Gasteiger partial charge in [-0.1, -0.05) is 42.0 Å². The average Bonchev–Trinajstić information content (AvgIpc) is 3.12. The van der Waals surface area contributed by atoms with Crippen molar-refractivity contribution in [1.29, 1.82) is 0 Å². The van der Waals surface area contributed by atoms with Gasteiger partial charge >= 0.3 is 0 Å². The summed E-state index contributed by atoms with van der Waals surface area (Å²) in [5, 5.41) is 16.9. The first-order valence-corrected chi connectivity index (χ1v) is 9.63. The molecule has 1 atom stereocenters. The van der Waals surface area contributed by atoms with Crippen LogP contribution in [0.5, 0.6) is 5.75 Å². The summed E-state index contributed by atoms with van der Waals surface area (Å²) in [6, 6.07) is 16.5. The summed E-state index contributed by atoms with van der Waals surface area (Å²) in [6.07, 6.45) is -0.00787. The van der Waals surface area contributed by atoms with Crippen LogP contribution in [0.15, 0.2) is 71.8 Å². The monoisotopic (exact) mass is 422 g/mol. The van der Waals surface area contributed by atoms with E-state index in [-0.39, 0.29) is 17.7 Å². The summed E-state index contributed by atoms with van der Waals surface area (Å²) in [4.78, 5) is 13.3. The van der Waals surface area contributed by atoms with Crippen LogP contribution >= 0.6 is 0 Å². The number of hydrazone groups is 1. The number of benzene rings is 3. The van der Waals surface area contributed by atoms with Crippen LogP contribution in [0.1, 0.15) is 33.5 Å². The van der Waals surface area contributed by atoms with Crippen molar-refractivity contribution in [3.05, 3.63) is 101 Å². The van der Waals surface area contributed by atoms with Gasteiger partial charge in [0.25, 0.3) is 5.91 Å². The van der Waals surface area contributed by atoms with Crippen LogP contribution < -0.4 is 4.74 Å². The summed E-state index contributed by atoms with van der Waals surface area (Å²) in [5.74, 6) is -1.78. The quantitative estimate of drug-likeness (QED) is 0.679. The third-order valence-corrected chi connectivity index (χ3v) is 5.27. The van der Waals surface area contributed by atoms with Gasteiger partial charge in [-0.3, -0.25) is 4.79 Å². The number of methoxy groups -OCH3 is 1. The van der Waals surface area contributed by atoms with Gasteiger partial charge in [-0.25, -0.2) is 8.78 Å². The Morgan fingerprint density at radius 3 is 2.35 bits per heavy atom. The van der Waals surface area contributed by atoms with Gasteiger partial charge in [0.2, 0.25) is 0 Å². The number of aliphatic hydroxyl groups is 1. The van der Waals surface area contributed by atoms with Crippen LogP contribution in [0.25, 0.3) is 0 Å². The van der Waals surface area contributed by atoms with E-state index < -0.39 is 23.3 Å². The van der Waals surface area contributed by atoms with Crippen molar-refractivity contribution < 1.29 is 23.4 Å². The molecule has 0 fully saturated rings. The second kappa shape index (κ2) is 7.92. The molecule has 1 aliphatic heterocycles. The van der Waals surface area contributed by atoms with E-state index in [0.29, 0.717) is 16.8 Å². The number of rotatable bonds is 4. The van der Waals surface area contributed by atoms with Gasteiger partial charge in [0.05, 0.1) is 12.8 Å². The van der Waals surface area contributed by atoms with Crippen LogP contribution in [0.4, 0.5) is 8.78 Å². The highest BCUT2D eigenvalue weighted by Crippen LogP contribution is 2.38. The van der Waals surface area contributed by atoms with Crippen molar-refractivity contribution >= 4 is 11.6 Å². The second-order valence-electron chi connectivity index (χ2n) is 7.38. The van der Waals surface area contributed by atoms with Gasteiger partial charge < -0.3 is 9.84 Å². The number of halogens is 2. The number of hydrogen-bond acceptors (Lipinski definition) is 4. The first-order chi connectivity index (χ1) is 14.8. The molecule has 0 radical (unpaired) electrons. The van der Waals surface area contributed by atoms with Crippen LogP contribution in [-0.4, -0.2) is 28.8 Å². The number of carbonyl (C=O) groups excluding carboxylic acids is 1. The lowest BCUT2D eigenvalue weighted by Crippen LogP contribution is -2.43. The molecular weight excluding hydrogens is 402 g/mol. The molecular formula is C24H20F2N2O3. The Kier molecular flexibility index (Phi) is 5.29. The summed E-state index contributed by atoms with van der Waals surface area (Å²) < 4.78 is 32.5. The fraction of sp³-hybridized carbons (Fsp3) is 0.167. The van der Waals surface area contributed by atoms with E-state index in [1.807, 2.05) is 19.1 Å². The van der Waals surface area contributed by atoms with Gasteiger partial charge in [-0.2, -0.15) is 10.1 Å². The van der Waals surface area contributed by atoms with Crippen molar-refractivity contribution in [2.75, 3.05) is 7.11 Å². The van der Waals surface area contributed by atoms with E-state index in [0.717, 1.165) is 16.6 Å². The van der Waals surface area contributed by atoms with Crippen molar-refractivity contribution in [3.63, 3.8) is 0 Å². The smallest absolute Gasteiger partial charge is 0.277 e. The van der Waals surface area contributed by atoms with Gasteiger partial charge in [0.1, 0.15) is 5.82 Å². The van der Waals surface area contributed by atoms with Crippen LogP contribution in [-0.2, 0) is 5.72 Å². The van der Waals surface area contributed by atoms with Gasteiger partial charge in [0.15, 0.2) is 17.3 Å². The number of aryl methyl sites for hydroxylation is 1. The average molecular weight is 422 g/mol. The zero-order valence-electron chi connectivity index (χ0n) is 17.0. The van der Waals surface area contributed by atoms with E-state index in [4.69, 9.17) is 4.74 Å². The molecule has 1 amide bonds. The van der Waals surface area contributed by atoms with Crippen molar-refractivity contribution in [2.45, 2.75) is 19.1 Å². The third kappa shape index (κ3) is 3.80. The zero-order valence-corrected chi connectivity index (χ0v) is 17.0. The molecule has 0 aliphatic carbocycles. The maximum Gasteiger partial charge on any atom is 0.277 e. The van der Waals surface area contributed by atoms with Gasteiger partial charge in [0, 0.05) is 17.5 Å². The molecule has 0 spiro atoms. The molecule has 1 aliphatic rings. The molecule has 3 aromatic rings. The maximum absolute atomic E-state index is 14.2. The Bertz CT molecular complexity index is 1160. The molecule has 0 bridgehead atoms. The topological polar surface area (TPSA) is 62.1 Å². The van der Waals surface area contributed by atoms with Crippen molar-refractivity contribution in [3.8, 4) is 5.75 Å². The number of amides is 1. The largest absolute Gasteiger partial charge is 0.494 e. The minimum Gasteiger partial charge on any atom is -0.494 e. The second-order valence-corrected chi connectivity index (χ2v) is 7.38. The standard InChI is InChI=1S/C24H20F2N2O3/c1-15-3-8-18(9-4-15)24(30)14-21(16-5-10-19(25)11-6-16)27-28(24)23(29)17-7-12-22(31-2)20(26)13-17/h3-13,30H,14H2,1-2H3. The molecule has 0 aromatic heterocycles. The fourth-order valence-electron chi connectivity index (χ4n) is 3.53. The molecule has 1 heterocycles. The molecule has 1 unspecified atom stereocenters. The van der Waals surface area contributed by atoms with E-state index >= 15 is 0 Å². The van der Waals surface area contributed by atoms with E-state index in [1.165, 1.54) is 43.5 Å². The lowest BCUT2D eigenvalue weighted by Gasteiger charge is -2.31. The number of carbonyl (C=O) groups is 1. The highest BCUT2D eigenvalue weighted by molar-refractivity contribution is 6.05. The maximum atomic E-state index is 14.2. The Hall–Kier alpha value is -3.58. The predicted molar refractivity (Wildman–Crippen MR) is 112 cm³/mol. The van der Waals surface area contributed by atoms with Crippen molar-refractivity contribution in [2.24, 2.45) is 5.10 Å². The Morgan fingerprint density at radius 1 is 1.06 bits per heavy atom. The minimum atomic E-state index is -1.79. The zero-order chi connectivity index (χ0) is 22.2. The summed E-state index contributed by atoms with van der Waals surface area (Å²) in [5.41, 5.74) is 0.646. The van der Waals surface area contributed by atoms with Crippen LogP contribution in [0.2, 0.25) is 0 Å². The molecule has 3 aromatic carbocycles. The van der Waals surface area contributed by atoms with Crippen LogP contribution in [0, 0.1) is 18.6 Å². The molecule has 31 heavy (non-hydrogen) atoms. The summed E-state index contributed by atoms with van der Waals surface area (Å²) in [6.45, 7) is 1.91. The summed E-state index contributed by atoms with van der Waals surface area (Å²) in [7, 11) is 1.33. The normalized spacial score (nSPS) is 18.1. The van der Waals surface area contributed by atoms with Gasteiger partial charge in [-0.05, 0) is 42.8 Å². The molecule has 158 valence electrons. The SMILES string of the molecule is COc1ccc(C(=O)N2N=C(c3ccc(F)cc3)CC2(O)c2ccc(C)cc2)cc1F. The number of hydrogen-bond donors (Lipinski definition) is 1. The number of ether oxygens (including phenoxy) is 1. The fourth-order valence-corrected chi connectivity index (χ4v) is 3.53. The molecule has 1 N–H and O–H groups in total. The molecule has 4 rings (SSSR count). The Balaban J connectivity index is 1.79. The highest BCUT2D eigenvalue weighted by Gasteiger charge is 2.46. The minimum absolute atomic E-state index is 0.00210. The first-order valence-electron chi connectivity index (χ1n) is 9.63. The third-order valence-electron chi connectivity index (χ3n) is 5.27. The summed E-state index contributed by atoms with van der Waals surface area (Å²) >= 11 is 0. The predicted octanol–water partition coefficient (Wildman–Crippen LogP) is 4.38. The Labute approximate surface area is 178 Å². The Morgan fingerprint density at radius 2 is 1.74 bits per heavy atom. The van der Waals surface area contributed by atoms with Gasteiger partial charge in [-0.15, -0.1) is 0 Å². The van der Waals surface area contributed by atoms with E-state index in [9.17, 15) is 18.7 Å². The first kappa shape index (κ1) is 20.7. The van der Waals surface area contributed by atoms with Crippen LogP contribution in [0.3, 0.4) is 0 Å². The number of nitrogens with zero attached hydrogens (tertiary/aromatic N) is 2. The van der Waals surface area contributed by atoms with Crippen molar-refractivity contribution in [1.82, 2.24) is 5.01 Å². The van der Waals surface area contributed by atoms with E-state index in [1.54, 1.807) is 12.1 Å². The molecule has 0 saturated heterocycles. The lowest BCUT2D eigenvalue weighted by molar-refractivity contribution is -0.0765.